The van der Waals surface area contributed by atoms with Crippen molar-refractivity contribution in [3.8, 4) is 0 Å². The Hall–Kier alpha value is -1.77. The molecule has 0 bridgehead atoms. The Morgan fingerprint density at radius 3 is 2.09 bits per heavy atom. The third kappa shape index (κ3) is 7.86. The molecule has 198 valence electrons. The van der Waals surface area contributed by atoms with Crippen LogP contribution < -0.4 is 5.20 Å². The summed E-state index contributed by atoms with van der Waals surface area (Å²) in [7, 11) is 0. The number of rotatable bonds is 10. The fraction of sp³-hybridized carbons (Fsp3) is 0.737. The van der Waals surface area contributed by atoms with Gasteiger partial charge in [-0.1, -0.05) is 11.8 Å². The highest BCUT2D eigenvalue weighted by Crippen LogP contribution is 2.44. The molecule has 2 aliphatic rings. The first kappa shape index (κ1) is 29.5. The topological polar surface area (TPSA) is 151 Å². The van der Waals surface area contributed by atoms with E-state index in [1.165, 1.54) is 11.8 Å². The van der Waals surface area contributed by atoms with E-state index in [0.29, 0.717) is 0 Å². The van der Waals surface area contributed by atoms with Crippen molar-refractivity contribution in [2.24, 2.45) is 5.10 Å². The zero-order valence-corrected chi connectivity index (χ0v) is 22.8. The van der Waals surface area contributed by atoms with Gasteiger partial charge in [0.15, 0.2) is 29.7 Å². The van der Waals surface area contributed by atoms with E-state index < -0.39 is 61.1 Å². The van der Waals surface area contributed by atoms with E-state index >= 15 is 0 Å². The molecule has 35 heavy (non-hydrogen) atoms. The van der Waals surface area contributed by atoms with Crippen LogP contribution in [0.3, 0.4) is 0 Å². The van der Waals surface area contributed by atoms with E-state index in [1.807, 2.05) is 0 Å². The molecule has 5 atom stereocenters. The van der Waals surface area contributed by atoms with Crippen molar-refractivity contribution in [2.45, 2.75) is 72.2 Å². The van der Waals surface area contributed by atoms with Crippen LogP contribution in [-0.4, -0.2) is 83.5 Å². The summed E-state index contributed by atoms with van der Waals surface area (Å²) in [6.07, 6.45) is -5.76. The first-order valence-corrected chi connectivity index (χ1v) is 14.4. The molecule has 0 aromatic rings. The molecule has 0 spiro atoms. The minimum atomic E-state index is -2.97. The Labute approximate surface area is 212 Å². The summed E-state index contributed by atoms with van der Waals surface area (Å²) >= 11 is 6.50. The number of nitrogens with zero attached hydrogens (tertiary/aromatic N) is 2. The fourth-order valence-electron chi connectivity index (χ4n) is 3.44. The third-order valence-electron chi connectivity index (χ3n) is 4.57. The molecule has 2 heterocycles. The van der Waals surface area contributed by atoms with Gasteiger partial charge in [0.05, 0.1) is 25.1 Å². The summed E-state index contributed by atoms with van der Waals surface area (Å²) in [6.45, 7) is 6.17. The van der Waals surface area contributed by atoms with Crippen LogP contribution in [0.4, 0.5) is 0 Å². The van der Waals surface area contributed by atoms with E-state index in [1.54, 1.807) is 20.8 Å². The van der Waals surface area contributed by atoms with Crippen LogP contribution in [0.25, 0.3) is 0 Å². The quantitative estimate of drug-likeness (QED) is 0.178. The van der Waals surface area contributed by atoms with Gasteiger partial charge in [-0.05, 0) is 32.6 Å². The van der Waals surface area contributed by atoms with Crippen molar-refractivity contribution in [1.82, 2.24) is 10.1 Å². The standard InChI is InChI=1S/C19H30N3O10PS2/c1-7-27-33(34,28-8-2)21-20-19-22(14(26)9-35-19)18-17(32-13(6)25)16(31-12(5)24)15(10(3)29-18)30-11(4)23/h10,15-18H,7-9H2,1-6H3,(H,21,34)/b20-19-/t10-,15-,16+,17-,18-/m1/s1. The minimum absolute atomic E-state index is 0.0132. The van der Waals surface area contributed by atoms with Crippen LogP contribution in [-0.2, 0) is 59.0 Å². The van der Waals surface area contributed by atoms with Gasteiger partial charge in [-0.3, -0.25) is 24.1 Å². The Bertz CT molecular complexity index is 894. The van der Waals surface area contributed by atoms with Gasteiger partial charge in [0.25, 0.3) is 0 Å². The van der Waals surface area contributed by atoms with Crippen molar-refractivity contribution in [3.05, 3.63) is 0 Å². The highest BCUT2D eigenvalue weighted by Gasteiger charge is 2.55. The maximum absolute atomic E-state index is 12.9. The number of amides is 1. The first-order chi connectivity index (χ1) is 16.4. The Morgan fingerprint density at radius 2 is 1.57 bits per heavy atom. The van der Waals surface area contributed by atoms with Crippen molar-refractivity contribution in [3.63, 3.8) is 0 Å². The number of hydrazone groups is 1. The van der Waals surface area contributed by atoms with Crippen LogP contribution in [0.1, 0.15) is 41.5 Å². The number of nitrogens with one attached hydrogen (secondary N) is 1. The maximum atomic E-state index is 12.9. The molecule has 0 radical (unpaired) electrons. The average molecular weight is 556 g/mol. The second-order valence-electron chi connectivity index (χ2n) is 7.33. The van der Waals surface area contributed by atoms with Gasteiger partial charge < -0.3 is 28.0 Å². The minimum Gasteiger partial charge on any atom is -0.456 e. The molecule has 0 saturated carbocycles. The van der Waals surface area contributed by atoms with E-state index in [-0.39, 0.29) is 24.1 Å². The fourth-order valence-corrected chi connectivity index (χ4v) is 6.20. The molecule has 0 aliphatic carbocycles. The van der Waals surface area contributed by atoms with Crippen molar-refractivity contribution < 1.29 is 47.2 Å². The lowest BCUT2D eigenvalue weighted by atomic mass is 9.97. The largest absolute Gasteiger partial charge is 0.456 e. The molecule has 2 aliphatic heterocycles. The highest BCUT2D eigenvalue weighted by molar-refractivity contribution is 8.15. The normalized spacial score (nSPS) is 28.1. The SMILES string of the molecule is CCOP(=S)(N/N=C1\SCC(=O)N1[C@@H]1O[C@H](C)[C@@H](OC(C)=O)[C@H](OC(C)=O)[C@H]1OC(C)=O)OCC. The molecular weight excluding hydrogens is 525 g/mol. The van der Waals surface area contributed by atoms with Crippen LogP contribution in [0.2, 0.25) is 0 Å². The summed E-state index contributed by atoms with van der Waals surface area (Å²) in [4.78, 5) is 49.6. The van der Waals surface area contributed by atoms with Gasteiger partial charge in [-0.2, -0.15) is 0 Å². The van der Waals surface area contributed by atoms with Crippen LogP contribution >= 0.6 is 18.4 Å². The number of hydrogen-bond acceptors (Lipinski definition) is 13. The Morgan fingerprint density at radius 1 is 1.06 bits per heavy atom. The number of carbonyl (C=O) groups is 4. The summed E-state index contributed by atoms with van der Waals surface area (Å²) in [5.41, 5.74) is 0. The Kier molecular flexibility index (Phi) is 10.9. The monoisotopic (exact) mass is 555 g/mol. The smallest absolute Gasteiger partial charge is 0.303 e. The summed E-state index contributed by atoms with van der Waals surface area (Å²) in [5, 5.41) is 7.12. The van der Waals surface area contributed by atoms with Gasteiger partial charge in [0.2, 0.25) is 5.91 Å². The van der Waals surface area contributed by atoms with Crippen LogP contribution in [0, 0.1) is 0 Å². The molecule has 1 N–H and O–H groups in total. The van der Waals surface area contributed by atoms with Crippen molar-refractivity contribution in [2.75, 3.05) is 19.0 Å². The van der Waals surface area contributed by atoms with E-state index in [0.717, 1.165) is 25.6 Å². The number of carbonyl (C=O) groups excluding carboxylic acids is 4. The van der Waals surface area contributed by atoms with E-state index in [2.05, 4.69) is 10.3 Å². The summed E-state index contributed by atoms with van der Waals surface area (Å²) < 4.78 is 33.2. The van der Waals surface area contributed by atoms with Gasteiger partial charge in [0.1, 0.15) is 0 Å². The van der Waals surface area contributed by atoms with E-state index in [9.17, 15) is 19.2 Å². The molecule has 0 aromatic heterocycles. The molecule has 1 amide bonds. The molecule has 0 aromatic carbocycles. The van der Waals surface area contributed by atoms with Crippen LogP contribution in [0.5, 0.6) is 0 Å². The van der Waals surface area contributed by atoms with Gasteiger partial charge in [0, 0.05) is 20.8 Å². The van der Waals surface area contributed by atoms with Crippen molar-refractivity contribution >= 4 is 59.2 Å². The molecule has 13 nitrogen and oxygen atoms in total. The molecule has 2 saturated heterocycles. The number of hydrogen-bond donors (Lipinski definition) is 1. The zero-order chi connectivity index (χ0) is 26.3. The molecule has 0 unspecified atom stereocenters. The summed E-state index contributed by atoms with van der Waals surface area (Å²) in [6, 6.07) is 0. The first-order valence-electron chi connectivity index (χ1n) is 10.8. The van der Waals surface area contributed by atoms with Gasteiger partial charge in [-0.25, -0.2) is 5.20 Å². The summed E-state index contributed by atoms with van der Waals surface area (Å²) in [5.74, 6) is -2.47. The number of thioether (sulfide) groups is 1. The lowest BCUT2D eigenvalue weighted by Crippen LogP contribution is -2.65. The molecule has 2 rings (SSSR count). The lowest BCUT2D eigenvalue weighted by Gasteiger charge is -2.45. The average Bonchev–Trinajstić information content (AvgIpc) is 3.11. The zero-order valence-electron chi connectivity index (χ0n) is 20.2. The second-order valence-corrected chi connectivity index (χ2v) is 11.4. The molecular formula is C19H30N3O10PS2. The predicted octanol–water partition coefficient (Wildman–Crippen LogP) is 1.26. The number of ether oxygens (including phenoxy) is 4. The number of amidine groups is 1. The predicted molar refractivity (Wildman–Crippen MR) is 128 cm³/mol. The maximum Gasteiger partial charge on any atom is 0.303 e. The van der Waals surface area contributed by atoms with E-state index in [4.69, 9.17) is 39.8 Å². The second kappa shape index (κ2) is 13.0. The van der Waals surface area contributed by atoms with Crippen LogP contribution in [0.15, 0.2) is 5.10 Å². The number of esters is 3. The van der Waals surface area contributed by atoms with Gasteiger partial charge >= 0.3 is 24.6 Å². The lowest BCUT2D eigenvalue weighted by molar-refractivity contribution is -0.260. The third-order valence-corrected chi connectivity index (χ3v) is 7.93. The van der Waals surface area contributed by atoms with Gasteiger partial charge in [-0.15, -0.1) is 5.10 Å². The van der Waals surface area contributed by atoms with Crippen molar-refractivity contribution in [1.29, 1.82) is 0 Å². The molecule has 16 heteroatoms. The highest BCUT2D eigenvalue weighted by atomic mass is 32.5. The Balaban J connectivity index is 2.46. The molecule has 2 fully saturated rings.